The zero-order valence-corrected chi connectivity index (χ0v) is 19.0. The summed E-state index contributed by atoms with van der Waals surface area (Å²) in [6.45, 7) is 3.72. The predicted molar refractivity (Wildman–Crippen MR) is 123 cm³/mol. The van der Waals surface area contributed by atoms with Gasteiger partial charge >= 0.3 is 6.03 Å². The quantitative estimate of drug-likeness (QED) is 0.682. The first kappa shape index (κ1) is 22.7. The minimum Gasteiger partial charge on any atom is -0.340 e. The van der Waals surface area contributed by atoms with Gasteiger partial charge in [-0.15, -0.1) is 0 Å². The van der Waals surface area contributed by atoms with Gasteiger partial charge in [-0.2, -0.15) is 4.31 Å². The first-order valence-corrected chi connectivity index (χ1v) is 12.0. The summed E-state index contributed by atoms with van der Waals surface area (Å²) in [4.78, 5) is 39.2. The third kappa shape index (κ3) is 4.83. The van der Waals surface area contributed by atoms with Crippen molar-refractivity contribution in [3.63, 3.8) is 0 Å². The fourth-order valence-corrected chi connectivity index (χ4v) is 5.30. The van der Waals surface area contributed by atoms with Crippen LogP contribution in [0.1, 0.15) is 17.3 Å². The summed E-state index contributed by atoms with van der Waals surface area (Å²) < 4.78 is 27.4. The molecule has 0 radical (unpaired) electrons. The van der Waals surface area contributed by atoms with Crippen LogP contribution in [-0.2, 0) is 14.8 Å². The third-order valence-electron chi connectivity index (χ3n) is 5.71. The first-order valence-electron chi connectivity index (χ1n) is 10.6. The number of piperazine rings is 1. The van der Waals surface area contributed by atoms with Crippen molar-refractivity contribution >= 4 is 39.2 Å². The second kappa shape index (κ2) is 9.20. The summed E-state index contributed by atoms with van der Waals surface area (Å²) in [6, 6.07) is 12.6. The van der Waals surface area contributed by atoms with Gasteiger partial charge < -0.3 is 15.5 Å². The van der Waals surface area contributed by atoms with Gasteiger partial charge in [0, 0.05) is 63.1 Å². The largest absolute Gasteiger partial charge is 0.340 e. The zero-order chi connectivity index (χ0) is 23.6. The fourth-order valence-electron chi connectivity index (χ4n) is 3.84. The lowest BCUT2D eigenvalue weighted by atomic mass is 10.2. The summed E-state index contributed by atoms with van der Waals surface area (Å²) in [7, 11) is -3.79. The van der Waals surface area contributed by atoms with Crippen LogP contribution in [0.3, 0.4) is 0 Å². The lowest BCUT2D eigenvalue weighted by molar-refractivity contribution is -0.129. The SMILES string of the molecule is CC(=O)N1CCN(S(=O)(=O)c2cccc(C(=O)Nc3ccc(N4CCNC4=O)cc3)c2)CC1. The second-order valence-corrected chi connectivity index (χ2v) is 9.76. The molecule has 0 atom stereocenters. The Morgan fingerprint density at radius 2 is 1.67 bits per heavy atom. The van der Waals surface area contributed by atoms with Crippen LogP contribution in [0.15, 0.2) is 53.4 Å². The van der Waals surface area contributed by atoms with E-state index in [0.717, 1.165) is 5.69 Å². The van der Waals surface area contributed by atoms with Crippen LogP contribution in [-0.4, -0.2) is 74.7 Å². The summed E-state index contributed by atoms with van der Waals surface area (Å²) in [5.41, 5.74) is 1.46. The number of sulfonamides is 1. The molecule has 0 aromatic heterocycles. The number of amides is 4. The van der Waals surface area contributed by atoms with Crippen LogP contribution in [0.25, 0.3) is 0 Å². The molecule has 2 aliphatic heterocycles. The smallest absolute Gasteiger partial charge is 0.321 e. The highest BCUT2D eigenvalue weighted by molar-refractivity contribution is 7.89. The van der Waals surface area contributed by atoms with Gasteiger partial charge in [0.15, 0.2) is 0 Å². The molecule has 4 amide bonds. The number of nitrogens with zero attached hydrogens (tertiary/aromatic N) is 3. The number of rotatable bonds is 5. The molecular formula is C22H25N5O5S. The molecular weight excluding hydrogens is 446 g/mol. The Kier molecular flexibility index (Phi) is 6.34. The number of nitrogens with one attached hydrogen (secondary N) is 2. The lowest BCUT2D eigenvalue weighted by Gasteiger charge is -2.33. The number of urea groups is 1. The molecule has 10 nitrogen and oxygen atoms in total. The van der Waals surface area contributed by atoms with E-state index < -0.39 is 15.9 Å². The number of benzene rings is 2. The molecule has 4 rings (SSSR count). The molecule has 2 fully saturated rings. The van der Waals surface area contributed by atoms with Gasteiger partial charge in [0.2, 0.25) is 15.9 Å². The Balaban J connectivity index is 1.44. The van der Waals surface area contributed by atoms with Crippen LogP contribution >= 0.6 is 0 Å². The number of anilines is 2. The summed E-state index contributed by atoms with van der Waals surface area (Å²) in [5, 5.41) is 5.49. The number of hydrogen-bond donors (Lipinski definition) is 2. The number of carbonyl (C=O) groups is 3. The first-order chi connectivity index (χ1) is 15.8. The molecule has 2 N–H and O–H groups in total. The Morgan fingerprint density at radius 1 is 0.970 bits per heavy atom. The molecule has 2 aromatic rings. The molecule has 2 heterocycles. The van der Waals surface area contributed by atoms with Crippen LogP contribution in [0.5, 0.6) is 0 Å². The van der Waals surface area contributed by atoms with Gasteiger partial charge in [-0.05, 0) is 42.5 Å². The molecule has 0 aliphatic carbocycles. The van der Waals surface area contributed by atoms with E-state index in [1.807, 2.05) is 0 Å². The van der Waals surface area contributed by atoms with Gasteiger partial charge in [0.1, 0.15) is 0 Å². The van der Waals surface area contributed by atoms with Crippen LogP contribution < -0.4 is 15.5 Å². The lowest BCUT2D eigenvalue weighted by Crippen LogP contribution is -2.49. The maximum absolute atomic E-state index is 13.0. The Hall–Kier alpha value is -3.44. The van der Waals surface area contributed by atoms with E-state index in [1.54, 1.807) is 40.1 Å². The fraction of sp³-hybridized carbons (Fsp3) is 0.318. The molecule has 174 valence electrons. The van der Waals surface area contributed by atoms with Gasteiger partial charge in [-0.1, -0.05) is 6.07 Å². The molecule has 33 heavy (non-hydrogen) atoms. The normalized spacial score (nSPS) is 17.1. The van der Waals surface area contributed by atoms with E-state index in [-0.39, 0.29) is 35.5 Å². The van der Waals surface area contributed by atoms with E-state index in [0.29, 0.717) is 31.9 Å². The minimum absolute atomic E-state index is 0.0295. The van der Waals surface area contributed by atoms with Crippen molar-refractivity contribution < 1.29 is 22.8 Å². The van der Waals surface area contributed by atoms with E-state index in [4.69, 9.17) is 0 Å². The highest BCUT2D eigenvalue weighted by Gasteiger charge is 2.29. The molecule has 2 aliphatic rings. The average Bonchev–Trinajstić information content (AvgIpc) is 3.25. The monoisotopic (exact) mass is 471 g/mol. The molecule has 0 unspecified atom stereocenters. The molecule has 0 bridgehead atoms. The summed E-state index contributed by atoms with van der Waals surface area (Å²) in [6.07, 6.45) is 0. The van der Waals surface area contributed by atoms with Crippen molar-refractivity contribution in [3.8, 4) is 0 Å². The zero-order valence-electron chi connectivity index (χ0n) is 18.2. The van der Waals surface area contributed by atoms with Crippen LogP contribution in [0.4, 0.5) is 16.2 Å². The predicted octanol–water partition coefficient (Wildman–Crippen LogP) is 1.32. The van der Waals surface area contributed by atoms with Crippen LogP contribution in [0.2, 0.25) is 0 Å². The van der Waals surface area contributed by atoms with E-state index >= 15 is 0 Å². The van der Waals surface area contributed by atoms with Crippen molar-refractivity contribution in [1.82, 2.24) is 14.5 Å². The Labute approximate surface area is 192 Å². The highest BCUT2D eigenvalue weighted by Crippen LogP contribution is 2.22. The number of hydrogen-bond acceptors (Lipinski definition) is 5. The van der Waals surface area contributed by atoms with Crippen molar-refractivity contribution in [1.29, 1.82) is 0 Å². The van der Waals surface area contributed by atoms with Crippen molar-refractivity contribution in [2.75, 3.05) is 49.5 Å². The topological polar surface area (TPSA) is 119 Å². The highest BCUT2D eigenvalue weighted by atomic mass is 32.2. The standard InChI is InChI=1S/C22H25N5O5S/c1-16(28)25-11-13-26(14-12-25)33(31,32)20-4-2-3-17(15-20)21(29)24-18-5-7-19(8-6-18)27-10-9-23-22(27)30/h2-8,15H,9-14H2,1H3,(H,23,30)(H,24,29). The Bertz CT molecular complexity index is 1170. The molecule has 0 spiro atoms. The molecule has 0 saturated carbocycles. The van der Waals surface area contributed by atoms with Crippen molar-refractivity contribution in [2.24, 2.45) is 0 Å². The summed E-state index contributed by atoms with van der Waals surface area (Å²) >= 11 is 0. The maximum atomic E-state index is 13.0. The maximum Gasteiger partial charge on any atom is 0.321 e. The third-order valence-corrected chi connectivity index (χ3v) is 7.61. The van der Waals surface area contributed by atoms with Gasteiger partial charge in [-0.3, -0.25) is 14.5 Å². The Morgan fingerprint density at radius 3 is 2.27 bits per heavy atom. The van der Waals surface area contributed by atoms with Crippen LogP contribution in [0, 0.1) is 0 Å². The van der Waals surface area contributed by atoms with Crippen molar-refractivity contribution in [3.05, 3.63) is 54.1 Å². The van der Waals surface area contributed by atoms with E-state index in [2.05, 4.69) is 10.6 Å². The van der Waals surface area contributed by atoms with E-state index in [9.17, 15) is 22.8 Å². The van der Waals surface area contributed by atoms with Gasteiger partial charge in [0.25, 0.3) is 5.91 Å². The minimum atomic E-state index is -3.79. The van der Waals surface area contributed by atoms with E-state index in [1.165, 1.54) is 29.4 Å². The summed E-state index contributed by atoms with van der Waals surface area (Å²) in [5.74, 6) is -0.525. The van der Waals surface area contributed by atoms with Gasteiger partial charge in [0.05, 0.1) is 4.90 Å². The van der Waals surface area contributed by atoms with Crippen molar-refractivity contribution in [2.45, 2.75) is 11.8 Å². The molecule has 11 heteroatoms. The second-order valence-electron chi connectivity index (χ2n) is 7.82. The number of carbonyl (C=O) groups excluding carboxylic acids is 3. The van der Waals surface area contributed by atoms with Gasteiger partial charge in [-0.25, -0.2) is 13.2 Å². The molecule has 2 saturated heterocycles. The molecule has 2 aromatic carbocycles. The average molecular weight is 472 g/mol.